The van der Waals surface area contributed by atoms with E-state index >= 15 is 0 Å². The number of piperidine rings is 1. The molecule has 0 saturated carbocycles. The van der Waals surface area contributed by atoms with Crippen LogP contribution < -0.4 is 16.3 Å². The minimum Gasteiger partial charge on any atom is -0.427 e. The summed E-state index contributed by atoms with van der Waals surface area (Å²) in [6.07, 6.45) is 2.54. The Hall–Kier alpha value is -2.54. The molecule has 2 aromatic rings. The molecule has 2 aromatic heterocycles. The Kier molecular flexibility index (Phi) is 6.01. The normalized spacial score (nSPS) is 16.9. The van der Waals surface area contributed by atoms with Gasteiger partial charge in [0.2, 0.25) is 0 Å². The van der Waals surface area contributed by atoms with Crippen molar-refractivity contribution in [3.8, 4) is 0 Å². The molecule has 0 aromatic carbocycles. The second kappa shape index (κ2) is 8.43. The van der Waals surface area contributed by atoms with Crippen LogP contribution in [0.3, 0.4) is 0 Å². The predicted octanol–water partition coefficient (Wildman–Crippen LogP) is 1.79. The topological polar surface area (TPSA) is 97.1 Å². The Morgan fingerprint density at radius 3 is 2.63 bits per heavy atom. The number of rotatable bonds is 5. The predicted molar refractivity (Wildman–Crippen MR) is 102 cm³/mol. The minimum atomic E-state index is -0.573. The third kappa shape index (κ3) is 4.80. The fourth-order valence-electron chi connectivity index (χ4n) is 3.49. The van der Waals surface area contributed by atoms with Gasteiger partial charge in [-0.25, -0.2) is 14.8 Å². The summed E-state index contributed by atoms with van der Waals surface area (Å²) >= 11 is 0. The fourth-order valence-corrected chi connectivity index (χ4v) is 3.49. The molecule has 1 atom stereocenters. The number of aromatic nitrogens is 2. The van der Waals surface area contributed by atoms with Gasteiger partial charge in [-0.1, -0.05) is 0 Å². The Labute approximate surface area is 158 Å². The van der Waals surface area contributed by atoms with E-state index in [1.54, 1.807) is 6.92 Å². The van der Waals surface area contributed by atoms with Crippen LogP contribution in [0.1, 0.15) is 57.7 Å². The number of hydrogen-bond acceptors (Lipinski definition) is 6. The first-order valence-electron chi connectivity index (χ1n) is 9.39. The van der Waals surface area contributed by atoms with Gasteiger partial charge >= 0.3 is 5.63 Å². The highest BCUT2D eigenvalue weighted by atomic mass is 16.4. The van der Waals surface area contributed by atoms with E-state index in [1.807, 2.05) is 26.0 Å². The lowest BCUT2D eigenvalue weighted by Crippen LogP contribution is -2.32. The van der Waals surface area contributed by atoms with Gasteiger partial charge in [0.1, 0.15) is 17.1 Å². The van der Waals surface area contributed by atoms with Gasteiger partial charge < -0.3 is 15.1 Å². The SMILES string of the molecule is Cc1cc(C)nc(CCNC(=O)c2c(C)cc(C3CCCNC3)oc2=O)n1. The summed E-state index contributed by atoms with van der Waals surface area (Å²) in [5.74, 6) is 1.10. The molecule has 3 rings (SSSR count). The molecular weight excluding hydrogens is 344 g/mol. The van der Waals surface area contributed by atoms with Crippen molar-refractivity contribution in [2.75, 3.05) is 19.6 Å². The molecule has 7 heteroatoms. The third-order valence-corrected chi connectivity index (χ3v) is 4.76. The number of aryl methyl sites for hydroxylation is 3. The molecular formula is C20H26N4O3. The molecule has 1 aliphatic heterocycles. The van der Waals surface area contributed by atoms with Crippen molar-refractivity contribution >= 4 is 5.91 Å². The van der Waals surface area contributed by atoms with Gasteiger partial charge in [-0.3, -0.25) is 4.79 Å². The van der Waals surface area contributed by atoms with Gasteiger partial charge in [0.15, 0.2) is 0 Å². The largest absolute Gasteiger partial charge is 0.427 e. The van der Waals surface area contributed by atoms with Gasteiger partial charge in [-0.05, 0) is 57.9 Å². The molecule has 0 radical (unpaired) electrons. The molecule has 1 saturated heterocycles. The zero-order valence-electron chi connectivity index (χ0n) is 16.1. The Morgan fingerprint density at radius 2 is 2.00 bits per heavy atom. The molecule has 1 unspecified atom stereocenters. The summed E-state index contributed by atoms with van der Waals surface area (Å²) < 4.78 is 5.46. The smallest absolute Gasteiger partial charge is 0.349 e. The van der Waals surface area contributed by atoms with Crippen molar-refractivity contribution in [2.24, 2.45) is 0 Å². The number of nitrogens with one attached hydrogen (secondary N) is 2. The molecule has 1 fully saturated rings. The van der Waals surface area contributed by atoms with Crippen LogP contribution in [0.4, 0.5) is 0 Å². The third-order valence-electron chi connectivity index (χ3n) is 4.76. The Morgan fingerprint density at radius 1 is 1.26 bits per heavy atom. The maximum Gasteiger partial charge on any atom is 0.349 e. The maximum atomic E-state index is 12.5. The molecule has 1 aliphatic rings. The zero-order valence-corrected chi connectivity index (χ0v) is 16.1. The van der Waals surface area contributed by atoms with Crippen molar-refractivity contribution < 1.29 is 9.21 Å². The van der Waals surface area contributed by atoms with E-state index < -0.39 is 11.5 Å². The summed E-state index contributed by atoms with van der Waals surface area (Å²) in [4.78, 5) is 33.6. The summed E-state index contributed by atoms with van der Waals surface area (Å²) in [7, 11) is 0. The summed E-state index contributed by atoms with van der Waals surface area (Å²) in [6, 6.07) is 3.72. The number of carbonyl (C=O) groups is 1. The molecule has 144 valence electrons. The van der Waals surface area contributed by atoms with E-state index in [0.29, 0.717) is 30.1 Å². The van der Waals surface area contributed by atoms with Crippen LogP contribution in [0.5, 0.6) is 0 Å². The molecule has 3 heterocycles. The van der Waals surface area contributed by atoms with Crippen molar-refractivity contribution in [1.29, 1.82) is 0 Å². The quantitative estimate of drug-likeness (QED) is 0.833. The lowest BCUT2D eigenvalue weighted by molar-refractivity contribution is 0.0948. The van der Waals surface area contributed by atoms with Gasteiger partial charge in [0, 0.05) is 36.8 Å². The fraction of sp³-hybridized carbons (Fsp3) is 0.500. The van der Waals surface area contributed by atoms with Crippen molar-refractivity contribution in [2.45, 2.75) is 46.0 Å². The van der Waals surface area contributed by atoms with Crippen molar-refractivity contribution in [3.05, 3.63) is 56.7 Å². The van der Waals surface area contributed by atoms with Crippen molar-refractivity contribution in [3.63, 3.8) is 0 Å². The average molecular weight is 370 g/mol. The van der Waals surface area contributed by atoms with Crippen LogP contribution in [0.15, 0.2) is 21.3 Å². The number of nitrogens with zero attached hydrogens (tertiary/aromatic N) is 2. The van der Waals surface area contributed by atoms with Crippen molar-refractivity contribution in [1.82, 2.24) is 20.6 Å². The molecule has 2 N–H and O–H groups in total. The molecule has 0 spiro atoms. The van der Waals surface area contributed by atoms with E-state index in [0.717, 1.165) is 37.3 Å². The van der Waals surface area contributed by atoms with Gasteiger partial charge in [-0.2, -0.15) is 0 Å². The Balaban J connectivity index is 1.66. The van der Waals surface area contributed by atoms with E-state index in [2.05, 4.69) is 20.6 Å². The highest BCUT2D eigenvalue weighted by Crippen LogP contribution is 2.23. The minimum absolute atomic E-state index is 0.0730. The number of carbonyl (C=O) groups excluding carboxylic acids is 1. The highest BCUT2D eigenvalue weighted by molar-refractivity contribution is 5.95. The molecule has 27 heavy (non-hydrogen) atoms. The molecule has 0 bridgehead atoms. The van der Waals surface area contributed by atoms with E-state index in [9.17, 15) is 9.59 Å². The summed E-state index contributed by atoms with van der Waals surface area (Å²) in [5, 5.41) is 6.08. The monoisotopic (exact) mass is 370 g/mol. The van der Waals surface area contributed by atoms with Crippen LogP contribution >= 0.6 is 0 Å². The van der Waals surface area contributed by atoms with Gasteiger partial charge in [-0.15, -0.1) is 0 Å². The van der Waals surface area contributed by atoms with Gasteiger partial charge in [0.05, 0.1) is 0 Å². The standard InChI is InChI=1S/C20H26N4O3/c1-12-9-16(15-5-4-7-21-11-15)27-20(26)18(12)19(25)22-8-6-17-23-13(2)10-14(3)24-17/h9-10,15,21H,4-8,11H2,1-3H3,(H,22,25). The van der Waals surface area contributed by atoms with E-state index in [1.165, 1.54) is 0 Å². The first-order valence-corrected chi connectivity index (χ1v) is 9.39. The second-order valence-electron chi connectivity index (χ2n) is 7.11. The summed E-state index contributed by atoms with van der Waals surface area (Å²) in [5.41, 5.74) is 1.94. The van der Waals surface area contributed by atoms with E-state index in [-0.39, 0.29) is 11.5 Å². The molecule has 7 nitrogen and oxygen atoms in total. The Bertz CT molecular complexity index is 865. The lowest BCUT2D eigenvalue weighted by Gasteiger charge is -2.22. The van der Waals surface area contributed by atoms with Crippen LogP contribution in [-0.2, 0) is 6.42 Å². The highest BCUT2D eigenvalue weighted by Gasteiger charge is 2.22. The second-order valence-corrected chi connectivity index (χ2v) is 7.11. The molecule has 0 aliphatic carbocycles. The molecule has 1 amide bonds. The summed E-state index contributed by atoms with van der Waals surface area (Å²) in [6.45, 7) is 7.74. The van der Waals surface area contributed by atoms with E-state index in [4.69, 9.17) is 4.42 Å². The maximum absolute atomic E-state index is 12.5. The number of amides is 1. The number of hydrogen-bond donors (Lipinski definition) is 2. The van der Waals surface area contributed by atoms with Crippen LogP contribution in [0.25, 0.3) is 0 Å². The average Bonchev–Trinajstić information content (AvgIpc) is 2.61. The van der Waals surface area contributed by atoms with Gasteiger partial charge in [0.25, 0.3) is 5.91 Å². The lowest BCUT2D eigenvalue weighted by atomic mass is 9.95. The first-order chi connectivity index (χ1) is 12.9. The first kappa shape index (κ1) is 19.2. The van der Waals surface area contributed by atoms with Crippen LogP contribution in [0.2, 0.25) is 0 Å². The van der Waals surface area contributed by atoms with Crippen LogP contribution in [-0.4, -0.2) is 35.5 Å². The van der Waals surface area contributed by atoms with Crippen LogP contribution in [0, 0.1) is 20.8 Å². The zero-order chi connectivity index (χ0) is 19.4.